The number of nitrogens with zero attached hydrogens (tertiary/aromatic N) is 1. The predicted octanol–water partition coefficient (Wildman–Crippen LogP) is 2.11. The van der Waals surface area contributed by atoms with E-state index in [2.05, 4.69) is 22.6 Å². The second-order valence-electron chi connectivity index (χ2n) is 2.27. The molecule has 0 aliphatic carbocycles. The molecule has 1 rings (SSSR count). The fourth-order valence-corrected chi connectivity index (χ4v) is 1.51. The first-order chi connectivity index (χ1) is 5.65. The molecule has 0 aliphatic rings. The van der Waals surface area contributed by atoms with Gasteiger partial charge in [-0.3, -0.25) is 10.1 Å². The van der Waals surface area contributed by atoms with Gasteiger partial charge in [-0.25, -0.2) is 0 Å². The van der Waals surface area contributed by atoms with Crippen LogP contribution >= 0.6 is 22.6 Å². The molecule has 0 heterocycles. The second kappa shape index (κ2) is 3.70. The molecule has 0 unspecified atom stereocenters. The van der Waals surface area contributed by atoms with Crippen molar-refractivity contribution >= 4 is 34.0 Å². The summed E-state index contributed by atoms with van der Waals surface area (Å²) in [4.78, 5) is 9.85. The summed E-state index contributed by atoms with van der Waals surface area (Å²) >= 11 is 2.16. The van der Waals surface area contributed by atoms with Crippen LogP contribution in [0, 0.1) is 10.1 Å². The van der Waals surface area contributed by atoms with Gasteiger partial charge in [0.2, 0.25) is 0 Å². The van der Waals surface area contributed by atoms with E-state index in [1.807, 2.05) is 0 Å². The van der Waals surface area contributed by atoms with Crippen LogP contribution in [0.2, 0.25) is 0 Å². The number of benzene rings is 1. The second-order valence-corrected chi connectivity index (χ2v) is 3.04. The maximum Gasteiger partial charge on any atom is 0.271 e. The Labute approximate surface area is 83.1 Å². The van der Waals surface area contributed by atoms with Crippen LogP contribution in [-0.2, 0) is 4.43 Å². The molecule has 0 atom stereocenters. The number of nitro benzene ring substituents is 1. The molecule has 4 nitrogen and oxygen atoms in total. The van der Waals surface area contributed by atoms with Gasteiger partial charge >= 0.3 is 0 Å². The molecule has 1 aromatic carbocycles. The third-order valence-corrected chi connectivity index (χ3v) is 2.31. The third kappa shape index (κ3) is 1.84. The first kappa shape index (κ1) is 9.24. The maximum absolute atomic E-state index is 10.3. The predicted molar refractivity (Wildman–Crippen MR) is 55.2 cm³/mol. The Morgan fingerprint density at radius 3 is 2.67 bits per heavy atom. The van der Waals surface area contributed by atoms with Gasteiger partial charge in [-0.2, -0.15) is 0 Å². The summed E-state index contributed by atoms with van der Waals surface area (Å²) in [5, 5.41) is 10.3. The lowest BCUT2D eigenvalue weighted by Crippen LogP contribution is -1.94. The van der Waals surface area contributed by atoms with Crippen molar-refractivity contribution in [2.75, 3.05) is 5.73 Å². The molecule has 0 saturated carbocycles. The molecule has 0 fully saturated rings. The highest BCUT2D eigenvalue weighted by atomic mass is 127. The standard InChI is InChI=1S/C7H7IN2O2/c8-4-5-1-2-6(10(11)12)3-7(5)9/h1-3H,4,9H2. The fraction of sp³-hybridized carbons (Fsp3) is 0.143. The van der Waals surface area contributed by atoms with E-state index in [4.69, 9.17) is 5.73 Å². The highest BCUT2D eigenvalue weighted by Gasteiger charge is 2.06. The van der Waals surface area contributed by atoms with Gasteiger partial charge in [-0.15, -0.1) is 0 Å². The number of nitro groups is 1. The third-order valence-electron chi connectivity index (χ3n) is 1.48. The largest absolute Gasteiger partial charge is 0.398 e. The van der Waals surface area contributed by atoms with E-state index in [-0.39, 0.29) is 5.69 Å². The lowest BCUT2D eigenvalue weighted by molar-refractivity contribution is -0.384. The maximum atomic E-state index is 10.3. The van der Waals surface area contributed by atoms with Gasteiger partial charge in [0, 0.05) is 22.2 Å². The smallest absolute Gasteiger partial charge is 0.271 e. The number of hydrogen-bond donors (Lipinski definition) is 1. The monoisotopic (exact) mass is 278 g/mol. The first-order valence-electron chi connectivity index (χ1n) is 3.24. The molecule has 0 aliphatic heterocycles. The van der Waals surface area contributed by atoms with E-state index in [9.17, 15) is 10.1 Å². The first-order valence-corrected chi connectivity index (χ1v) is 4.76. The Morgan fingerprint density at radius 2 is 2.25 bits per heavy atom. The van der Waals surface area contributed by atoms with Crippen molar-refractivity contribution in [3.63, 3.8) is 0 Å². The molecule has 12 heavy (non-hydrogen) atoms. The summed E-state index contributed by atoms with van der Waals surface area (Å²) in [5.41, 5.74) is 7.02. The van der Waals surface area contributed by atoms with Crippen molar-refractivity contribution < 1.29 is 4.92 Å². The van der Waals surface area contributed by atoms with Crippen LogP contribution < -0.4 is 5.73 Å². The molecule has 5 heteroatoms. The molecule has 64 valence electrons. The zero-order chi connectivity index (χ0) is 9.14. The van der Waals surface area contributed by atoms with Crippen molar-refractivity contribution in [3.05, 3.63) is 33.9 Å². The highest BCUT2D eigenvalue weighted by Crippen LogP contribution is 2.21. The van der Waals surface area contributed by atoms with E-state index >= 15 is 0 Å². The van der Waals surface area contributed by atoms with Crippen molar-refractivity contribution in [2.45, 2.75) is 4.43 Å². The lowest BCUT2D eigenvalue weighted by atomic mass is 10.2. The fourth-order valence-electron chi connectivity index (χ4n) is 0.818. The average molecular weight is 278 g/mol. The summed E-state index contributed by atoms with van der Waals surface area (Å²) in [6.45, 7) is 0. The number of halogens is 1. The van der Waals surface area contributed by atoms with Crippen LogP contribution in [0.4, 0.5) is 11.4 Å². The zero-order valence-corrected chi connectivity index (χ0v) is 8.32. The van der Waals surface area contributed by atoms with Crippen LogP contribution in [0.5, 0.6) is 0 Å². The lowest BCUT2D eigenvalue weighted by Gasteiger charge is -1.99. The molecular weight excluding hydrogens is 271 g/mol. The van der Waals surface area contributed by atoms with E-state index in [1.165, 1.54) is 12.1 Å². The van der Waals surface area contributed by atoms with Gasteiger partial charge < -0.3 is 5.73 Å². The average Bonchev–Trinajstić information content (AvgIpc) is 2.04. The minimum atomic E-state index is -0.451. The number of nitrogen functional groups attached to an aromatic ring is 1. The molecule has 1 aromatic rings. The summed E-state index contributed by atoms with van der Waals surface area (Å²) in [6.07, 6.45) is 0. The van der Waals surface area contributed by atoms with E-state index in [0.29, 0.717) is 5.69 Å². The number of anilines is 1. The van der Waals surface area contributed by atoms with E-state index in [0.717, 1.165) is 9.99 Å². The van der Waals surface area contributed by atoms with Crippen molar-refractivity contribution in [1.82, 2.24) is 0 Å². The van der Waals surface area contributed by atoms with Gasteiger partial charge in [-0.05, 0) is 11.6 Å². The van der Waals surface area contributed by atoms with E-state index < -0.39 is 4.92 Å². The molecule has 0 saturated heterocycles. The quantitative estimate of drug-likeness (QED) is 0.296. The normalized spacial score (nSPS) is 9.75. The summed E-state index contributed by atoms with van der Waals surface area (Å²) in [7, 11) is 0. The number of non-ortho nitro benzene ring substituents is 1. The Balaban J connectivity index is 3.10. The minimum absolute atomic E-state index is 0.0427. The molecule has 0 amide bonds. The minimum Gasteiger partial charge on any atom is -0.398 e. The zero-order valence-electron chi connectivity index (χ0n) is 6.16. The Kier molecular flexibility index (Phi) is 2.85. The van der Waals surface area contributed by atoms with Gasteiger partial charge in [-0.1, -0.05) is 22.6 Å². The molecule has 0 radical (unpaired) electrons. The summed E-state index contributed by atoms with van der Waals surface area (Å²) in [5.74, 6) is 0. The number of nitrogens with two attached hydrogens (primary N) is 1. The van der Waals surface area contributed by atoms with Crippen molar-refractivity contribution in [2.24, 2.45) is 0 Å². The van der Waals surface area contributed by atoms with Crippen molar-refractivity contribution in [1.29, 1.82) is 0 Å². The van der Waals surface area contributed by atoms with Crippen LogP contribution in [0.25, 0.3) is 0 Å². The molecule has 0 bridgehead atoms. The number of rotatable bonds is 2. The molecular formula is C7H7IN2O2. The molecule has 0 spiro atoms. The highest BCUT2D eigenvalue weighted by molar-refractivity contribution is 14.1. The topological polar surface area (TPSA) is 69.2 Å². The summed E-state index contributed by atoms with van der Waals surface area (Å²) < 4.78 is 0.765. The summed E-state index contributed by atoms with van der Waals surface area (Å²) in [6, 6.07) is 4.53. The number of hydrogen-bond acceptors (Lipinski definition) is 3. The van der Waals surface area contributed by atoms with Gasteiger partial charge in [0.1, 0.15) is 0 Å². The number of alkyl halides is 1. The van der Waals surface area contributed by atoms with Crippen LogP contribution in [0.3, 0.4) is 0 Å². The van der Waals surface area contributed by atoms with Gasteiger partial charge in [0.25, 0.3) is 5.69 Å². The Hall–Kier alpha value is -0.850. The van der Waals surface area contributed by atoms with Gasteiger partial charge in [0.05, 0.1) is 4.92 Å². The van der Waals surface area contributed by atoms with Crippen LogP contribution in [0.15, 0.2) is 18.2 Å². The van der Waals surface area contributed by atoms with E-state index in [1.54, 1.807) is 6.07 Å². The molecule has 0 aromatic heterocycles. The van der Waals surface area contributed by atoms with Gasteiger partial charge in [0.15, 0.2) is 0 Å². The SMILES string of the molecule is Nc1cc([N+](=O)[O-])ccc1CI. The Bertz CT molecular complexity index is 314. The molecule has 2 N–H and O–H groups in total. The van der Waals surface area contributed by atoms with Crippen molar-refractivity contribution in [3.8, 4) is 0 Å². The van der Waals surface area contributed by atoms with Crippen LogP contribution in [0.1, 0.15) is 5.56 Å². The Morgan fingerprint density at radius 1 is 1.58 bits per heavy atom. The van der Waals surface area contributed by atoms with Crippen LogP contribution in [-0.4, -0.2) is 4.92 Å².